The van der Waals surface area contributed by atoms with Crippen molar-refractivity contribution in [1.29, 1.82) is 0 Å². The van der Waals surface area contributed by atoms with Gasteiger partial charge in [0.15, 0.2) is 0 Å². The molecule has 20 heavy (non-hydrogen) atoms. The van der Waals surface area contributed by atoms with Crippen LogP contribution in [0.2, 0.25) is 0 Å². The quantitative estimate of drug-likeness (QED) is 0.797. The molecule has 4 N–H and O–H groups in total. The van der Waals surface area contributed by atoms with Gasteiger partial charge in [-0.15, -0.1) is 0 Å². The van der Waals surface area contributed by atoms with Gasteiger partial charge in [-0.25, -0.2) is 0 Å². The highest BCUT2D eigenvalue weighted by atomic mass is 16.2. The number of para-hydroxylation sites is 1. The molecule has 5 nitrogen and oxygen atoms in total. The van der Waals surface area contributed by atoms with Crippen LogP contribution in [0.15, 0.2) is 30.5 Å². The Kier molecular flexibility index (Phi) is 3.16. The summed E-state index contributed by atoms with van der Waals surface area (Å²) in [5.41, 5.74) is 14.3. The maximum atomic E-state index is 12.4. The first kappa shape index (κ1) is 13.0. The molecule has 3 rings (SSSR count). The number of rotatable bonds is 1. The molecule has 0 unspecified atom stereocenters. The number of hydrogen-bond donors (Lipinski definition) is 2. The summed E-state index contributed by atoms with van der Waals surface area (Å²) in [4.78, 5) is 18.5. The van der Waals surface area contributed by atoms with Crippen LogP contribution < -0.4 is 11.5 Å². The molecule has 2 aromatic rings. The molecule has 104 valence electrons. The van der Waals surface area contributed by atoms with E-state index in [9.17, 15) is 4.79 Å². The molecule has 2 heterocycles. The Morgan fingerprint density at radius 3 is 2.70 bits per heavy atom. The molecule has 1 fully saturated rings. The minimum Gasteiger partial charge on any atom is -0.335 e. The van der Waals surface area contributed by atoms with Crippen molar-refractivity contribution in [1.82, 2.24) is 9.88 Å². The minimum absolute atomic E-state index is 0.0516. The Morgan fingerprint density at radius 1 is 1.30 bits per heavy atom. The fourth-order valence-corrected chi connectivity index (χ4v) is 2.63. The first-order valence-electron chi connectivity index (χ1n) is 6.72. The lowest BCUT2D eigenvalue weighted by atomic mass is 10.1. The second-order valence-corrected chi connectivity index (χ2v) is 5.41. The van der Waals surface area contributed by atoms with Gasteiger partial charge < -0.3 is 16.4 Å². The van der Waals surface area contributed by atoms with Gasteiger partial charge in [0.2, 0.25) is 0 Å². The molecule has 5 heteroatoms. The van der Waals surface area contributed by atoms with Crippen LogP contribution in [0.1, 0.15) is 15.9 Å². The van der Waals surface area contributed by atoms with Crippen molar-refractivity contribution in [3.05, 3.63) is 41.6 Å². The SMILES string of the molecule is Cc1cccc2cc(C(=O)N3C[C@@H](N)[C@H](N)C3)cnc12. The molecule has 2 atom stereocenters. The molecular weight excluding hydrogens is 252 g/mol. The van der Waals surface area contributed by atoms with Crippen molar-refractivity contribution in [2.75, 3.05) is 13.1 Å². The molecule has 1 aliphatic heterocycles. The van der Waals surface area contributed by atoms with E-state index in [1.165, 1.54) is 0 Å². The summed E-state index contributed by atoms with van der Waals surface area (Å²) in [5.74, 6) is -0.0516. The Morgan fingerprint density at radius 2 is 2.00 bits per heavy atom. The first-order valence-corrected chi connectivity index (χ1v) is 6.72. The number of likely N-dealkylation sites (tertiary alicyclic amines) is 1. The van der Waals surface area contributed by atoms with Gasteiger partial charge in [-0.1, -0.05) is 18.2 Å². The summed E-state index contributed by atoms with van der Waals surface area (Å²) in [7, 11) is 0. The standard InChI is InChI=1S/C15H18N4O/c1-9-3-2-4-10-5-11(6-18-14(9)10)15(20)19-7-12(16)13(17)8-19/h2-6,12-13H,7-8,16-17H2,1H3/t12-,13-/m1/s1. The van der Waals surface area contributed by atoms with Crippen LogP contribution in [0.25, 0.3) is 10.9 Å². The summed E-state index contributed by atoms with van der Waals surface area (Å²) in [5, 5.41) is 0.976. The third kappa shape index (κ3) is 2.15. The average molecular weight is 270 g/mol. The van der Waals surface area contributed by atoms with E-state index >= 15 is 0 Å². The highest BCUT2D eigenvalue weighted by Crippen LogP contribution is 2.19. The van der Waals surface area contributed by atoms with E-state index in [1.54, 1.807) is 11.1 Å². The summed E-state index contributed by atoms with van der Waals surface area (Å²) < 4.78 is 0. The Balaban J connectivity index is 1.93. The second kappa shape index (κ2) is 4.85. The number of aromatic nitrogens is 1. The van der Waals surface area contributed by atoms with Crippen LogP contribution in [0.4, 0.5) is 0 Å². The number of carbonyl (C=O) groups excluding carboxylic acids is 1. The van der Waals surface area contributed by atoms with E-state index in [1.807, 2.05) is 31.2 Å². The monoisotopic (exact) mass is 270 g/mol. The number of amides is 1. The lowest BCUT2D eigenvalue weighted by molar-refractivity contribution is 0.0789. The van der Waals surface area contributed by atoms with Crippen LogP contribution in [0, 0.1) is 6.92 Å². The number of aryl methyl sites for hydroxylation is 1. The van der Waals surface area contributed by atoms with Gasteiger partial charge >= 0.3 is 0 Å². The van der Waals surface area contributed by atoms with Crippen LogP contribution in [-0.2, 0) is 0 Å². The minimum atomic E-state index is -0.144. The van der Waals surface area contributed by atoms with Gasteiger partial charge in [-0.3, -0.25) is 9.78 Å². The van der Waals surface area contributed by atoms with Crippen molar-refractivity contribution in [2.24, 2.45) is 11.5 Å². The maximum Gasteiger partial charge on any atom is 0.255 e. The zero-order valence-corrected chi connectivity index (χ0v) is 11.4. The summed E-state index contributed by atoms with van der Waals surface area (Å²) in [6.07, 6.45) is 1.63. The molecule has 0 spiro atoms. The van der Waals surface area contributed by atoms with Crippen molar-refractivity contribution in [3.63, 3.8) is 0 Å². The van der Waals surface area contributed by atoms with Crippen molar-refractivity contribution in [3.8, 4) is 0 Å². The fourth-order valence-electron chi connectivity index (χ4n) is 2.63. The molecule has 1 aromatic carbocycles. The van der Waals surface area contributed by atoms with E-state index in [0.717, 1.165) is 16.5 Å². The topological polar surface area (TPSA) is 85.2 Å². The molecule has 1 aromatic heterocycles. The van der Waals surface area contributed by atoms with E-state index in [-0.39, 0.29) is 18.0 Å². The lowest BCUT2D eigenvalue weighted by Crippen LogP contribution is -2.39. The van der Waals surface area contributed by atoms with Crippen LogP contribution in [0.3, 0.4) is 0 Å². The molecule has 1 saturated heterocycles. The molecule has 0 aliphatic carbocycles. The number of benzene rings is 1. The van der Waals surface area contributed by atoms with Gasteiger partial charge in [-0.2, -0.15) is 0 Å². The zero-order chi connectivity index (χ0) is 14.3. The Labute approximate surface area is 117 Å². The molecule has 0 saturated carbocycles. The van der Waals surface area contributed by atoms with Crippen molar-refractivity contribution >= 4 is 16.8 Å². The van der Waals surface area contributed by atoms with Gasteiger partial charge in [0.25, 0.3) is 5.91 Å². The van der Waals surface area contributed by atoms with Gasteiger partial charge in [0.1, 0.15) is 0 Å². The van der Waals surface area contributed by atoms with Crippen LogP contribution in [-0.4, -0.2) is 41.0 Å². The molecule has 0 bridgehead atoms. The molecule has 0 radical (unpaired) electrons. The number of nitrogens with two attached hydrogens (primary N) is 2. The van der Waals surface area contributed by atoms with Crippen molar-refractivity contribution in [2.45, 2.75) is 19.0 Å². The molecule has 1 amide bonds. The maximum absolute atomic E-state index is 12.4. The largest absolute Gasteiger partial charge is 0.335 e. The normalized spacial score (nSPS) is 22.4. The number of carbonyl (C=O) groups is 1. The zero-order valence-electron chi connectivity index (χ0n) is 11.4. The third-order valence-electron chi connectivity index (χ3n) is 3.86. The molecular formula is C15H18N4O. The lowest BCUT2D eigenvalue weighted by Gasteiger charge is -2.16. The van der Waals surface area contributed by atoms with Crippen LogP contribution in [0.5, 0.6) is 0 Å². The smallest absolute Gasteiger partial charge is 0.255 e. The van der Waals surface area contributed by atoms with E-state index in [2.05, 4.69) is 4.98 Å². The number of hydrogen-bond acceptors (Lipinski definition) is 4. The first-order chi connectivity index (χ1) is 9.56. The number of fused-ring (bicyclic) bond motifs is 1. The number of pyridine rings is 1. The average Bonchev–Trinajstić information content (AvgIpc) is 2.78. The van der Waals surface area contributed by atoms with Gasteiger partial charge in [0.05, 0.1) is 11.1 Å². The second-order valence-electron chi connectivity index (χ2n) is 5.41. The summed E-state index contributed by atoms with van der Waals surface area (Å²) in [6, 6.07) is 7.54. The van der Waals surface area contributed by atoms with E-state index in [4.69, 9.17) is 11.5 Å². The van der Waals surface area contributed by atoms with E-state index < -0.39 is 0 Å². The highest BCUT2D eigenvalue weighted by molar-refractivity contribution is 5.97. The highest BCUT2D eigenvalue weighted by Gasteiger charge is 2.30. The fraction of sp³-hybridized carbons (Fsp3) is 0.333. The van der Waals surface area contributed by atoms with Crippen LogP contribution >= 0.6 is 0 Å². The van der Waals surface area contributed by atoms with E-state index in [0.29, 0.717) is 18.7 Å². The Bertz CT molecular complexity index is 660. The Hall–Kier alpha value is -1.98. The number of nitrogens with zero attached hydrogens (tertiary/aromatic N) is 2. The predicted molar refractivity (Wildman–Crippen MR) is 78.3 cm³/mol. The summed E-state index contributed by atoms with van der Waals surface area (Å²) in [6.45, 7) is 3.02. The van der Waals surface area contributed by atoms with Gasteiger partial charge in [-0.05, 0) is 18.6 Å². The summed E-state index contributed by atoms with van der Waals surface area (Å²) >= 11 is 0. The third-order valence-corrected chi connectivity index (χ3v) is 3.86. The van der Waals surface area contributed by atoms with Crippen molar-refractivity contribution < 1.29 is 4.79 Å². The molecule has 1 aliphatic rings. The predicted octanol–water partition coefficient (Wildman–Crippen LogP) is 0.654. The van der Waals surface area contributed by atoms with Gasteiger partial charge in [0, 0.05) is 36.8 Å².